The lowest BCUT2D eigenvalue weighted by Gasteiger charge is -2.28. The Morgan fingerprint density at radius 1 is 0.821 bits per heavy atom. The summed E-state index contributed by atoms with van der Waals surface area (Å²) in [6.45, 7) is 1.33. The van der Waals surface area contributed by atoms with Crippen LogP contribution in [0.5, 0.6) is 0 Å². The highest BCUT2D eigenvalue weighted by Crippen LogP contribution is 2.43. The second kappa shape index (κ2) is 7.36. The van der Waals surface area contributed by atoms with E-state index in [4.69, 9.17) is 4.84 Å². The van der Waals surface area contributed by atoms with Gasteiger partial charge in [-0.3, -0.25) is 4.84 Å². The van der Waals surface area contributed by atoms with Gasteiger partial charge >= 0.3 is 0 Å². The summed E-state index contributed by atoms with van der Waals surface area (Å²) in [6.07, 6.45) is 0. The lowest BCUT2D eigenvalue weighted by molar-refractivity contribution is -0.140. The molecule has 0 aromatic heterocycles. The number of hydroxylamine groups is 2. The highest BCUT2D eigenvalue weighted by molar-refractivity contribution is 6.02. The lowest BCUT2D eigenvalue weighted by Crippen LogP contribution is -2.26. The van der Waals surface area contributed by atoms with Crippen LogP contribution in [0.3, 0.4) is 0 Å². The average molecular weight is 369 g/mol. The van der Waals surface area contributed by atoms with Gasteiger partial charge in [-0.05, 0) is 38.7 Å². The third-order valence-electron chi connectivity index (χ3n) is 5.74. The molecular formula is C25H23NO2. The Bertz CT molecular complexity index is 1060. The molecule has 3 heteroatoms. The van der Waals surface area contributed by atoms with Crippen molar-refractivity contribution in [1.29, 1.82) is 0 Å². The third-order valence-corrected chi connectivity index (χ3v) is 5.74. The van der Waals surface area contributed by atoms with Gasteiger partial charge in [-0.1, -0.05) is 78.9 Å². The maximum atomic E-state index is 10.1. The number of aliphatic hydroxyl groups is 1. The summed E-state index contributed by atoms with van der Waals surface area (Å²) in [5, 5.41) is 17.1. The molecule has 1 aliphatic heterocycles. The van der Waals surface area contributed by atoms with Crippen LogP contribution in [0.1, 0.15) is 17.2 Å². The lowest BCUT2D eigenvalue weighted by atomic mass is 9.86. The molecule has 28 heavy (non-hydrogen) atoms. The average Bonchev–Trinajstić information content (AvgIpc) is 3.14. The summed E-state index contributed by atoms with van der Waals surface area (Å²) < 4.78 is 0. The predicted octanol–water partition coefficient (Wildman–Crippen LogP) is 5.09. The topological polar surface area (TPSA) is 32.7 Å². The standard InChI is InChI=1S/C25H23NO2/c27-16-21-17-28-26(15-18-8-2-1-3-9-18)25(21)24-22-12-6-4-10-19(22)14-20-11-5-7-13-23(20)24/h1-14,21,25,27H,15-17H2/t21-,25-/m1/s1. The van der Waals surface area contributed by atoms with Crippen LogP contribution in [0, 0.1) is 5.92 Å². The minimum absolute atomic E-state index is 0.00112. The first-order valence-corrected chi connectivity index (χ1v) is 9.80. The third kappa shape index (κ3) is 2.98. The summed E-state index contributed by atoms with van der Waals surface area (Å²) in [7, 11) is 0. The molecule has 0 aliphatic carbocycles. The van der Waals surface area contributed by atoms with Crippen molar-refractivity contribution in [2.45, 2.75) is 12.6 Å². The van der Waals surface area contributed by atoms with Gasteiger partial charge in [-0.2, -0.15) is 5.06 Å². The van der Waals surface area contributed by atoms with E-state index < -0.39 is 0 Å². The second-order valence-corrected chi connectivity index (χ2v) is 7.48. The fourth-order valence-electron chi connectivity index (χ4n) is 4.41. The summed E-state index contributed by atoms with van der Waals surface area (Å²) >= 11 is 0. The van der Waals surface area contributed by atoms with E-state index in [9.17, 15) is 5.11 Å². The Labute approximate surface area is 164 Å². The first-order chi connectivity index (χ1) is 13.8. The van der Waals surface area contributed by atoms with Gasteiger partial charge < -0.3 is 5.11 Å². The van der Waals surface area contributed by atoms with Crippen molar-refractivity contribution in [3.05, 3.63) is 96.1 Å². The Hall–Kier alpha value is -2.72. The molecule has 4 aromatic rings. The molecule has 1 fully saturated rings. The van der Waals surface area contributed by atoms with E-state index in [2.05, 4.69) is 83.9 Å². The molecule has 0 spiro atoms. The summed E-state index contributed by atoms with van der Waals surface area (Å²) in [6, 6.07) is 29.7. The highest BCUT2D eigenvalue weighted by atomic mass is 16.7. The molecule has 1 aliphatic rings. The van der Waals surface area contributed by atoms with Crippen LogP contribution in [0.4, 0.5) is 0 Å². The Balaban J connectivity index is 1.70. The molecule has 2 atom stereocenters. The second-order valence-electron chi connectivity index (χ2n) is 7.48. The van der Waals surface area contributed by atoms with Gasteiger partial charge in [0.1, 0.15) is 0 Å². The van der Waals surface area contributed by atoms with Crippen LogP contribution in [0.15, 0.2) is 84.9 Å². The molecule has 5 rings (SSSR count). The number of nitrogens with zero attached hydrogens (tertiary/aromatic N) is 1. The first-order valence-electron chi connectivity index (χ1n) is 9.80. The zero-order chi connectivity index (χ0) is 18.9. The number of hydrogen-bond acceptors (Lipinski definition) is 3. The van der Waals surface area contributed by atoms with Gasteiger partial charge in [0.05, 0.1) is 19.3 Å². The molecule has 1 saturated heterocycles. The van der Waals surface area contributed by atoms with Crippen molar-refractivity contribution in [3.63, 3.8) is 0 Å². The van der Waals surface area contributed by atoms with Gasteiger partial charge in [0, 0.05) is 12.5 Å². The van der Waals surface area contributed by atoms with Crippen LogP contribution in [-0.4, -0.2) is 23.4 Å². The largest absolute Gasteiger partial charge is 0.396 e. The van der Waals surface area contributed by atoms with Crippen molar-refractivity contribution >= 4 is 21.5 Å². The molecular weight excluding hydrogens is 346 g/mol. The van der Waals surface area contributed by atoms with E-state index in [1.165, 1.54) is 32.7 Å². The quantitative estimate of drug-likeness (QED) is 0.509. The molecule has 0 saturated carbocycles. The monoisotopic (exact) mass is 369 g/mol. The summed E-state index contributed by atoms with van der Waals surface area (Å²) in [5.41, 5.74) is 2.46. The number of aliphatic hydroxyl groups excluding tert-OH is 1. The maximum absolute atomic E-state index is 10.1. The fourth-order valence-corrected chi connectivity index (χ4v) is 4.41. The van der Waals surface area contributed by atoms with Crippen LogP contribution in [0.25, 0.3) is 21.5 Å². The van der Waals surface area contributed by atoms with Crippen LogP contribution in [-0.2, 0) is 11.4 Å². The van der Waals surface area contributed by atoms with Crippen LogP contribution in [0.2, 0.25) is 0 Å². The van der Waals surface area contributed by atoms with Crippen molar-refractivity contribution in [2.75, 3.05) is 13.2 Å². The molecule has 0 amide bonds. The molecule has 4 aromatic carbocycles. The Kier molecular flexibility index (Phi) is 4.57. The normalized spacial score (nSPS) is 20.2. The molecule has 1 heterocycles. The Morgan fingerprint density at radius 2 is 1.43 bits per heavy atom. The van der Waals surface area contributed by atoms with E-state index in [-0.39, 0.29) is 18.6 Å². The van der Waals surface area contributed by atoms with Crippen LogP contribution < -0.4 is 0 Å². The molecule has 1 N–H and O–H groups in total. The smallest absolute Gasteiger partial charge is 0.0754 e. The van der Waals surface area contributed by atoms with E-state index >= 15 is 0 Å². The van der Waals surface area contributed by atoms with Gasteiger partial charge in [0.25, 0.3) is 0 Å². The zero-order valence-electron chi connectivity index (χ0n) is 15.7. The minimum atomic E-state index is 0.00112. The van der Waals surface area contributed by atoms with E-state index in [0.29, 0.717) is 13.2 Å². The molecule has 0 unspecified atom stereocenters. The highest BCUT2D eigenvalue weighted by Gasteiger charge is 2.38. The first kappa shape index (κ1) is 17.4. The Morgan fingerprint density at radius 3 is 2.07 bits per heavy atom. The molecule has 0 radical (unpaired) electrons. The zero-order valence-corrected chi connectivity index (χ0v) is 15.7. The predicted molar refractivity (Wildman–Crippen MR) is 113 cm³/mol. The molecule has 140 valence electrons. The van der Waals surface area contributed by atoms with Gasteiger partial charge in [0.2, 0.25) is 0 Å². The summed E-state index contributed by atoms with van der Waals surface area (Å²) in [4.78, 5) is 6.10. The van der Waals surface area contributed by atoms with Crippen molar-refractivity contribution in [3.8, 4) is 0 Å². The van der Waals surface area contributed by atoms with E-state index in [1.54, 1.807) is 0 Å². The van der Waals surface area contributed by atoms with Crippen LogP contribution >= 0.6 is 0 Å². The number of benzene rings is 4. The maximum Gasteiger partial charge on any atom is 0.0754 e. The summed E-state index contributed by atoms with van der Waals surface area (Å²) in [5.74, 6) is 0.0397. The van der Waals surface area contributed by atoms with Crippen molar-refractivity contribution < 1.29 is 9.94 Å². The van der Waals surface area contributed by atoms with Crippen molar-refractivity contribution in [1.82, 2.24) is 5.06 Å². The fraction of sp³-hybridized carbons (Fsp3) is 0.200. The molecule has 3 nitrogen and oxygen atoms in total. The van der Waals surface area contributed by atoms with Gasteiger partial charge in [-0.15, -0.1) is 0 Å². The van der Waals surface area contributed by atoms with Crippen molar-refractivity contribution in [2.24, 2.45) is 5.92 Å². The number of rotatable bonds is 4. The van der Waals surface area contributed by atoms with E-state index in [0.717, 1.165) is 0 Å². The number of hydrogen-bond donors (Lipinski definition) is 1. The number of fused-ring (bicyclic) bond motifs is 2. The molecule has 0 bridgehead atoms. The van der Waals surface area contributed by atoms with Gasteiger partial charge in [-0.25, -0.2) is 0 Å². The SMILES string of the molecule is OC[C@@H]1CON(Cc2ccccc2)[C@H]1c1c2ccccc2cc2ccccc12. The van der Waals surface area contributed by atoms with Gasteiger partial charge in [0.15, 0.2) is 0 Å². The minimum Gasteiger partial charge on any atom is -0.396 e. The van der Waals surface area contributed by atoms with E-state index in [1.807, 2.05) is 6.07 Å².